The highest BCUT2D eigenvalue weighted by Crippen LogP contribution is 2.39. The van der Waals surface area contributed by atoms with Crippen molar-refractivity contribution in [1.82, 2.24) is 15.1 Å². The number of benzene rings is 2. The Morgan fingerprint density at radius 2 is 1.97 bits per heavy atom. The second-order valence-electron chi connectivity index (χ2n) is 7.94. The van der Waals surface area contributed by atoms with E-state index in [9.17, 15) is 4.79 Å². The van der Waals surface area contributed by atoms with Crippen molar-refractivity contribution >= 4 is 29.0 Å². The topological polar surface area (TPSA) is 66.4 Å². The number of rotatable bonds is 2. The van der Waals surface area contributed by atoms with Crippen LogP contribution in [0.3, 0.4) is 0 Å². The molecule has 0 spiro atoms. The first-order chi connectivity index (χ1) is 15.2. The summed E-state index contributed by atoms with van der Waals surface area (Å²) in [4.78, 5) is 21.9. The number of amides is 1. The van der Waals surface area contributed by atoms with Crippen molar-refractivity contribution in [2.45, 2.75) is 12.5 Å². The number of carbonyl (C=O) groups excluding carboxylic acids is 1. The molecule has 3 heterocycles. The van der Waals surface area contributed by atoms with E-state index < -0.39 is 0 Å². The third-order valence-corrected chi connectivity index (χ3v) is 6.07. The third kappa shape index (κ3) is 4.39. The highest BCUT2D eigenvalue weighted by molar-refractivity contribution is 6.31. The number of nitrogens with zero attached hydrogens (tertiary/aromatic N) is 3. The van der Waals surface area contributed by atoms with Gasteiger partial charge in [0.2, 0.25) is 5.91 Å². The van der Waals surface area contributed by atoms with Crippen molar-refractivity contribution < 1.29 is 14.3 Å². The van der Waals surface area contributed by atoms with E-state index in [1.54, 1.807) is 0 Å². The smallest absolute Gasteiger partial charge is 0.224 e. The van der Waals surface area contributed by atoms with E-state index in [0.29, 0.717) is 55.7 Å². The Hall–Kier alpha value is -2.61. The predicted molar refractivity (Wildman–Crippen MR) is 120 cm³/mol. The molecule has 5 rings (SSSR count). The molecular weight excluding hydrogens is 416 g/mol. The highest BCUT2D eigenvalue weighted by atomic mass is 35.5. The van der Waals surface area contributed by atoms with Gasteiger partial charge in [-0.1, -0.05) is 23.7 Å². The summed E-state index contributed by atoms with van der Waals surface area (Å²) in [6.07, 6.45) is 0.463. The Labute approximate surface area is 186 Å². The minimum Gasteiger partial charge on any atom is -0.454 e. The van der Waals surface area contributed by atoms with Crippen LogP contribution in [0, 0.1) is 0 Å². The molecule has 162 valence electrons. The number of hydrogen-bond acceptors (Lipinski definition) is 6. The third-order valence-electron chi connectivity index (χ3n) is 5.84. The lowest BCUT2D eigenvalue weighted by atomic mass is 10.1. The van der Waals surface area contributed by atoms with Crippen LogP contribution >= 0.6 is 11.6 Å². The number of morpholine rings is 1. The fourth-order valence-corrected chi connectivity index (χ4v) is 4.41. The van der Waals surface area contributed by atoms with Crippen LogP contribution in [0.2, 0.25) is 5.02 Å². The van der Waals surface area contributed by atoms with Crippen molar-refractivity contribution in [1.29, 1.82) is 0 Å². The van der Waals surface area contributed by atoms with Gasteiger partial charge in [0.15, 0.2) is 5.75 Å². The molecule has 1 amide bonds. The second kappa shape index (κ2) is 8.86. The molecule has 2 aromatic rings. The number of nitrogens with one attached hydrogen (secondary N) is 1. The van der Waals surface area contributed by atoms with Crippen molar-refractivity contribution in [3.63, 3.8) is 0 Å². The molecule has 0 aliphatic carbocycles. The summed E-state index contributed by atoms with van der Waals surface area (Å²) in [5.41, 5.74) is 1.65. The van der Waals surface area contributed by atoms with Crippen LogP contribution in [0.1, 0.15) is 12.0 Å². The van der Waals surface area contributed by atoms with Gasteiger partial charge in [-0.15, -0.1) is 0 Å². The molecule has 2 aromatic carbocycles. The normalized spacial score (nSPS) is 20.8. The van der Waals surface area contributed by atoms with Gasteiger partial charge in [-0.05, 0) is 30.3 Å². The van der Waals surface area contributed by atoms with Crippen LogP contribution in [-0.2, 0) is 9.53 Å². The van der Waals surface area contributed by atoms with Crippen molar-refractivity contribution in [3.05, 3.63) is 53.1 Å². The predicted octanol–water partition coefficient (Wildman–Crippen LogP) is 3.05. The summed E-state index contributed by atoms with van der Waals surface area (Å²) in [7, 11) is 0. The summed E-state index contributed by atoms with van der Waals surface area (Å²) in [5.74, 6) is 2.47. The van der Waals surface area contributed by atoms with E-state index in [4.69, 9.17) is 26.1 Å². The lowest BCUT2D eigenvalue weighted by Gasteiger charge is -2.36. The quantitative estimate of drug-likeness (QED) is 0.777. The monoisotopic (exact) mass is 440 g/mol. The van der Waals surface area contributed by atoms with Gasteiger partial charge in [-0.3, -0.25) is 4.79 Å². The highest BCUT2D eigenvalue weighted by Gasteiger charge is 2.29. The Balaban J connectivity index is 1.40. The van der Waals surface area contributed by atoms with Crippen molar-refractivity contribution in [2.75, 3.05) is 45.9 Å². The molecule has 1 N–H and O–H groups in total. The Bertz CT molecular complexity index is 1010. The van der Waals surface area contributed by atoms with Crippen molar-refractivity contribution in [3.8, 4) is 11.5 Å². The summed E-state index contributed by atoms with van der Waals surface area (Å²) < 4.78 is 11.5. The van der Waals surface area contributed by atoms with Gasteiger partial charge in [-0.2, -0.15) is 0 Å². The zero-order valence-corrected chi connectivity index (χ0v) is 18.0. The van der Waals surface area contributed by atoms with E-state index in [1.165, 1.54) is 0 Å². The second-order valence-corrected chi connectivity index (χ2v) is 8.38. The molecule has 7 nitrogen and oxygen atoms in total. The van der Waals surface area contributed by atoms with Gasteiger partial charge in [-0.25, -0.2) is 4.99 Å². The molecule has 0 radical (unpaired) electrons. The standard InChI is InChI=1S/C23H25ClN4O3/c24-16-5-6-21-19(13-16)26-23(18-3-1-2-4-20(18)31-21)28-8-7-25-17(15-28)14-22(29)27-9-11-30-12-10-27/h1-6,13,17,25H,7-12,14-15H2/t17-/m0/s1. The average Bonchev–Trinajstić information content (AvgIpc) is 2.96. The van der Waals surface area contributed by atoms with Gasteiger partial charge in [0.05, 0.1) is 18.8 Å². The Morgan fingerprint density at radius 1 is 1.13 bits per heavy atom. The lowest BCUT2D eigenvalue weighted by molar-refractivity contribution is -0.135. The zero-order chi connectivity index (χ0) is 21.2. The molecule has 2 saturated heterocycles. The zero-order valence-electron chi connectivity index (χ0n) is 17.2. The lowest BCUT2D eigenvalue weighted by Crippen LogP contribution is -2.54. The first kappa shape index (κ1) is 20.3. The maximum atomic E-state index is 12.8. The summed E-state index contributed by atoms with van der Waals surface area (Å²) in [5, 5.41) is 4.11. The van der Waals surface area contributed by atoms with Crippen LogP contribution in [-0.4, -0.2) is 73.5 Å². The van der Waals surface area contributed by atoms with E-state index >= 15 is 0 Å². The van der Waals surface area contributed by atoms with E-state index in [1.807, 2.05) is 47.4 Å². The number of aliphatic imine (C=N–C) groups is 1. The van der Waals surface area contributed by atoms with Crippen LogP contribution in [0.25, 0.3) is 0 Å². The summed E-state index contributed by atoms with van der Waals surface area (Å²) in [6, 6.07) is 13.5. The number of amidine groups is 1. The van der Waals surface area contributed by atoms with E-state index in [0.717, 1.165) is 30.2 Å². The molecule has 0 aromatic heterocycles. The van der Waals surface area contributed by atoms with Gasteiger partial charge >= 0.3 is 0 Å². The van der Waals surface area contributed by atoms with Crippen LogP contribution in [0.4, 0.5) is 5.69 Å². The number of ether oxygens (including phenoxy) is 2. The van der Waals surface area contributed by atoms with Gasteiger partial charge in [0.1, 0.15) is 17.3 Å². The summed E-state index contributed by atoms with van der Waals surface area (Å²) in [6.45, 7) is 4.85. The Morgan fingerprint density at radius 3 is 2.84 bits per heavy atom. The van der Waals surface area contributed by atoms with Crippen molar-refractivity contribution in [2.24, 2.45) is 4.99 Å². The molecule has 3 aliphatic rings. The minimum absolute atomic E-state index is 0.0574. The number of hydrogen-bond donors (Lipinski definition) is 1. The van der Waals surface area contributed by atoms with E-state index in [2.05, 4.69) is 10.2 Å². The fourth-order valence-electron chi connectivity index (χ4n) is 4.25. The number of carbonyl (C=O) groups is 1. The minimum atomic E-state index is 0.0574. The molecule has 8 heteroatoms. The first-order valence-corrected chi connectivity index (χ1v) is 11.0. The molecule has 1 atom stereocenters. The molecular formula is C23H25ClN4O3. The maximum Gasteiger partial charge on any atom is 0.224 e. The number of para-hydroxylation sites is 1. The van der Waals surface area contributed by atoms with E-state index in [-0.39, 0.29) is 11.9 Å². The first-order valence-electron chi connectivity index (χ1n) is 10.7. The van der Waals surface area contributed by atoms with Gasteiger partial charge in [0.25, 0.3) is 0 Å². The average molecular weight is 441 g/mol. The molecule has 0 bridgehead atoms. The van der Waals surface area contributed by atoms with Crippen LogP contribution in [0.15, 0.2) is 47.5 Å². The van der Waals surface area contributed by atoms with Crippen LogP contribution < -0.4 is 10.1 Å². The molecule has 0 unspecified atom stereocenters. The maximum absolute atomic E-state index is 12.8. The van der Waals surface area contributed by atoms with Crippen LogP contribution in [0.5, 0.6) is 11.5 Å². The van der Waals surface area contributed by atoms with Gasteiger partial charge in [0, 0.05) is 50.2 Å². The molecule has 31 heavy (non-hydrogen) atoms. The summed E-state index contributed by atoms with van der Waals surface area (Å²) >= 11 is 6.23. The SMILES string of the molecule is O=C(C[C@H]1CN(C2=Nc3cc(Cl)ccc3Oc3ccccc32)CCN1)N1CCOCC1. The number of fused-ring (bicyclic) bond motifs is 2. The number of halogens is 1. The molecule has 3 aliphatic heterocycles. The van der Waals surface area contributed by atoms with Gasteiger partial charge < -0.3 is 24.6 Å². The molecule has 2 fully saturated rings. The number of piperazine rings is 1. The molecule has 0 saturated carbocycles. The fraction of sp³-hybridized carbons (Fsp3) is 0.391. The Kier molecular flexibility index (Phi) is 5.80. The largest absolute Gasteiger partial charge is 0.454 e.